The van der Waals surface area contributed by atoms with E-state index in [2.05, 4.69) is 9.11 Å². The molecular formula is C21H20ClN3O5S3. The van der Waals surface area contributed by atoms with Crippen molar-refractivity contribution in [1.29, 1.82) is 0 Å². The van der Waals surface area contributed by atoms with Crippen molar-refractivity contribution in [3.05, 3.63) is 77.9 Å². The lowest BCUT2D eigenvalue weighted by Gasteiger charge is -2.26. The molecule has 4 rings (SSSR count). The van der Waals surface area contributed by atoms with Crippen molar-refractivity contribution >= 4 is 47.7 Å². The van der Waals surface area contributed by atoms with Crippen LogP contribution in [0.1, 0.15) is 0 Å². The van der Waals surface area contributed by atoms with E-state index in [0.717, 1.165) is 0 Å². The highest BCUT2D eigenvalue weighted by Gasteiger charge is 2.27. The molecule has 0 aliphatic carbocycles. The van der Waals surface area contributed by atoms with Crippen molar-refractivity contribution in [3.63, 3.8) is 0 Å². The molecule has 174 valence electrons. The molecule has 1 atom stereocenters. The lowest BCUT2D eigenvalue weighted by atomic mass is 10.3. The summed E-state index contributed by atoms with van der Waals surface area (Å²) in [5, 5.41) is 2.12. The Labute approximate surface area is 200 Å². The highest BCUT2D eigenvalue weighted by atomic mass is 35.5. The first-order chi connectivity index (χ1) is 15.7. The van der Waals surface area contributed by atoms with Gasteiger partial charge in [-0.05, 0) is 60.0 Å². The van der Waals surface area contributed by atoms with Gasteiger partial charge in [-0.25, -0.2) is 21.8 Å². The number of pyridine rings is 1. The Bertz CT molecular complexity index is 1360. The first kappa shape index (κ1) is 23.9. The van der Waals surface area contributed by atoms with Gasteiger partial charge in [0.25, 0.3) is 0 Å². The number of aromatic nitrogens is 1. The molecule has 2 aromatic carbocycles. The van der Waals surface area contributed by atoms with Crippen LogP contribution in [0.2, 0.25) is 5.02 Å². The smallest absolute Gasteiger partial charge is 0.249 e. The number of nitrogens with one attached hydrogen (secondary N) is 1. The van der Waals surface area contributed by atoms with Crippen molar-refractivity contribution in [1.82, 2.24) is 13.4 Å². The molecule has 0 saturated carbocycles. The number of nitrogens with zero attached hydrogens (tertiary/aromatic N) is 2. The minimum Gasteiger partial charge on any atom is -0.439 e. The number of rotatable bonds is 7. The molecule has 0 radical (unpaired) electrons. The Hall–Kier alpha value is -2.28. The zero-order valence-electron chi connectivity index (χ0n) is 17.2. The van der Waals surface area contributed by atoms with Crippen LogP contribution in [0.25, 0.3) is 0 Å². The summed E-state index contributed by atoms with van der Waals surface area (Å²) in [7, 11) is -8.26. The average Bonchev–Trinajstić information content (AvgIpc) is 2.80. The van der Waals surface area contributed by atoms with E-state index in [1.54, 1.807) is 41.9 Å². The predicted molar refractivity (Wildman–Crippen MR) is 130 cm³/mol. The van der Waals surface area contributed by atoms with Crippen LogP contribution in [0.3, 0.4) is 0 Å². The monoisotopic (exact) mass is 525 g/mol. The molecule has 1 aromatic heterocycles. The van der Waals surface area contributed by atoms with E-state index in [1.807, 2.05) is 0 Å². The molecule has 0 amide bonds. The van der Waals surface area contributed by atoms with Gasteiger partial charge in [0.2, 0.25) is 25.9 Å². The van der Waals surface area contributed by atoms with Gasteiger partial charge in [-0.3, -0.25) is 0 Å². The Kier molecular flexibility index (Phi) is 7.17. The van der Waals surface area contributed by atoms with Crippen LogP contribution in [-0.4, -0.2) is 50.3 Å². The van der Waals surface area contributed by atoms with Crippen LogP contribution in [0.15, 0.2) is 82.7 Å². The minimum atomic E-state index is -3.78. The maximum absolute atomic E-state index is 12.8. The molecule has 12 heteroatoms. The number of halogens is 1. The van der Waals surface area contributed by atoms with Crippen LogP contribution in [0.5, 0.6) is 11.6 Å². The van der Waals surface area contributed by atoms with Gasteiger partial charge >= 0.3 is 0 Å². The van der Waals surface area contributed by atoms with Gasteiger partial charge in [0.1, 0.15) is 5.75 Å². The molecule has 2 heterocycles. The summed E-state index contributed by atoms with van der Waals surface area (Å²) in [5.74, 6) is 1.21. The third kappa shape index (κ3) is 5.81. The van der Waals surface area contributed by atoms with E-state index in [9.17, 15) is 16.8 Å². The molecule has 33 heavy (non-hydrogen) atoms. The molecule has 0 spiro atoms. The lowest BCUT2D eigenvalue weighted by Crippen LogP contribution is -2.39. The first-order valence-electron chi connectivity index (χ1n) is 9.74. The van der Waals surface area contributed by atoms with Crippen LogP contribution in [-0.2, 0) is 20.0 Å². The molecule has 1 aliphatic heterocycles. The summed E-state index contributed by atoms with van der Waals surface area (Å²) in [6, 6.07) is 17.2. The summed E-state index contributed by atoms with van der Waals surface area (Å²) in [5.41, 5.74) is 0. The molecule has 1 aliphatic rings. The topological polar surface area (TPSA) is 106 Å². The fourth-order valence-electron chi connectivity index (χ4n) is 3.00. The van der Waals surface area contributed by atoms with Gasteiger partial charge < -0.3 is 4.74 Å². The highest BCUT2D eigenvalue weighted by Crippen LogP contribution is 2.25. The standard InChI is InChI=1S/C21H20ClN3O5S3/c22-17-4-8-20(9-5-17)33(28,29)25-13-15-31(16-14-25)24-32(26,27)19-10-6-18(7-11-19)30-21-3-1-2-12-23-21/h1-12,15,24H,13-14,16H2. The Morgan fingerprint density at radius 1 is 0.939 bits per heavy atom. The van der Waals surface area contributed by atoms with Gasteiger partial charge in [-0.1, -0.05) is 17.7 Å². The third-order valence-corrected chi connectivity index (χ3v) is 10.6. The Morgan fingerprint density at radius 3 is 2.24 bits per heavy atom. The number of benzene rings is 2. The zero-order chi connectivity index (χ0) is 23.5. The number of sulfonamides is 2. The van der Waals surface area contributed by atoms with Crippen LogP contribution < -0.4 is 8.86 Å². The van der Waals surface area contributed by atoms with Gasteiger partial charge in [0, 0.05) is 36.1 Å². The maximum atomic E-state index is 12.8. The van der Waals surface area contributed by atoms with E-state index in [-0.39, 0.29) is 22.9 Å². The Morgan fingerprint density at radius 2 is 1.64 bits per heavy atom. The summed E-state index contributed by atoms with van der Waals surface area (Å²) < 4.78 is 60.7. The van der Waals surface area contributed by atoms with E-state index < -0.39 is 30.7 Å². The van der Waals surface area contributed by atoms with Crippen molar-refractivity contribution in [2.24, 2.45) is 0 Å². The normalized spacial score (nSPS) is 17.3. The van der Waals surface area contributed by atoms with Gasteiger partial charge in [0.05, 0.1) is 9.79 Å². The molecular weight excluding hydrogens is 506 g/mol. The van der Waals surface area contributed by atoms with Gasteiger partial charge in [0.15, 0.2) is 0 Å². The molecule has 3 aromatic rings. The summed E-state index contributed by atoms with van der Waals surface area (Å²) >= 11 is 5.84. The first-order valence-corrected chi connectivity index (χ1v) is 14.5. The fraction of sp³-hybridized carbons (Fsp3) is 0.143. The van der Waals surface area contributed by atoms with E-state index >= 15 is 0 Å². The van der Waals surface area contributed by atoms with Crippen LogP contribution in [0, 0.1) is 0 Å². The van der Waals surface area contributed by atoms with E-state index in [1.165, 1.54) is 40.7 Å². The van der Waals surface area contributed by atoms with Crippen LogP contribution >= 0.6 is 22.3 Å². The maximum Gasteiger partial charge on any atom is 0.249 e. The van der Waals surface area contributed by atoms with E-state index in [0.29, 0.717) is 22.4 Å². The second-order valence-corrected chi connectivity index (χ2v) is 13.1. The number of hydrogen-bond donors (Lipinski definition) is 1. The predicted octanol–water partition coefficient (Wildman–Crippen LogP) is 3.50. The van der Waals surface area contributed by atoms with Crippen molar-refractivity contribution < 1.29 is 21.6 Å². The van der Waals surface area contributed by atoms with Crippen molar-refractivity contribution in [3.8, 4) is 11.6 Å². The zero-order valence-corrected chi connectivity index (χ0v) is 20.4. The van der Waals surface area contributed by atoms with Crippen LogP contribution in [0.4, 0.5) is 0 Å². The molecule has 1 N–H and O–H groups in total. The quantitative estimate of drug-likeness (QED) is 0.473. The number of hydrogen-bond acceptors (Lipinski definition) is 6. The molecule has 0 bridgehead atoms. The fourth-order valence-corrected chi connectivity index (χ4v) is 8.27. The SMILES string of the molecule is O=S(=O)(NS1=CCN(S(=O)(=O)c2ccc(Cl)cc2)CC1)c1ccc(Oc2ccccn2)cc1. The lowest BCUT2D eigenvalue weighted by molar-refractivity contribution is 0.462. The summed E-state index contributed by atoms with van der Waals surface area (Å²) in [6.07, 6.45) is 1.60. The second kappa shape index (κ2) is 9.92. The second-order valence-electron chi connectivity index (χ2n) is 6.94. The molecule has 0 saturated heterocycles. The largest absolute Gasteiger partial charge is 0.439 e. The summed E-state index contributed by atoms with van der Waals surface area (Å²) in [4.78, 5) is 4.30. The van der Waals surface area contributed by atoms with E-state index in [4.69, 9.17) is 16.3 Å². The molecule has 1 unspecified atom stereocenters. The minimum absolute atomic E-state index is 0.0907. The van der Waals surface area contributed by atoms with Crippen molar-refractivity contribution in [2.75, 3.05) is 18.8 Å². The van der Waals surface area contributed by atoms with Gasteiger partial charge in [-0.2, -0.15) is 8.43 Å². The third-order valence-electron chi connectivity index (χ3n) is 4.70. The molecule has 8 nitrogen and oxygen atoms in total. The highest BCUT2D eigenvalue weighted by molar-refractivity contribution is 8.20. The molecule has 0 fully saturated rings. The van der Waals surface area contributed by atoms with Gasteiger partial charge in [-0.15, -0.1) is 10.7 Å². The average molecular weight is 526 g/mol. The van der Waals surface area contributed by atoms with Crippen molar-refractivity contribution in [2.45, 2.75) is 9.79 Å². The Balaban J connectivity index is 1.41. The summed E-state index contributed by atoms with van der Waals surface area (Å²) in [6.45, 7) is 0.303. The number of ether oxygens (including phenoxy) is 1.